The summed E-state index contributed by atoms with van der Waals surface area (Å²) in [6, 6.07) is 5.88. The first-order valence-electron chi connectivity index (χ1n) is 5.70. The number of Topliss-reactive ketones (excluding diaryl/α,β-unsaturated/α-hetero) is 2. The molecule has 0 spiro atoms. The Balaban J connectivity index is 2.23. The van der Waals surface area contributed by atoms with Gasteiger partial charge in [-0.1, -0.05) is 17.2 Å². The van der Waals surface area contributed by atoms with Crippen LogP contribution in [-0.4, -0.2) is 11.6 Å². The summed E-state index contributed by atoms with van der Waals surface area (Å²) in [5.74, 6) is 0.286. The SMILES string of the molecule is Cc1cc(C)cc(C(=O)C2CCC(=O)C2)c1. The van der Waals surface area contributed by atoms with Gasteiger partial charge in [0.25, 0.3) is 0 Å². The molecule has 16 heavy (non-hydrogen) atoms. The normalized spacial score (nSPS) is 20.1. The number of hydrogen-bond donors (Lipinski definition) is 0. The molecule has 0 aromatic heterocycles. The van der Waals surface area contributed by atoms with Crippen LogP contribution in [0.15, 0.2) is 18.2 Å². The highest BCUT2D eigenvalue weighted by molar-refractivity contribution is 6.01. The van der Waals surface area contributed by atoms with Gasteiger partial charge in [0.1, 0.15) is 5.78 Å². The van der Waals surface area contributed by atoms with E-state index in [1.54, 1.807) is 0 Å². The molecular weight excluding hydrogens is 200 g/mol. The monoisotopic (exact) mass is 216 g/mol. The van der Waals surface area contributed by atoms with Gasteiger partial charge in [0.15, 0.2) is 5.78 Å². The molecular formula is C14H16O2. The second-order valence-electron chi connectivity index (χ2n) is 4.72. The Kier molecular flexibility index (Phi) is 2.90. The van der Waals surface area contributed by atoms with E-state index in [1.165, 1.54) is 0 Å². The summed E-state index contributed by atoms with van der Waals surface area (Å²) in [7, 11) is 0. The van der Waals surface area contributed by atoms with Gasteiger partial charge in [-0.2, -0.15) is 0 Å². The van der Waals surface area contributed by atoms with Crippen LogP contribution in [0.5, 0.6) is 0 Å². The van der Waals surface area contributed by atoms with Gasteiger partial charge in [-0.25, -0.2) is 0 Å². The van der Waals surface area contributed by atoms with Crippen molar-refractivity contribution in [1.29, 1.82) is 0 Å². The first-order chi connectivity index (χ1) is 7.56. The van der Waals surface area contributed by atoms with E-state index < -0.39 is 0 Å². The van der Waals surface area contributed by atoms with Gasteiger partial charge < -0.3 is 0 Å². The summed E-state index contributed by atoms with van der Waals surface area (Å²) in [5.41, 5.74) is 2.97. The van der Waals surface area contributed by atoms with E-state index in [2.05, 4.69) is 6.07 Å². The van der Waals surface area contributed by atoms with Crippen molar-refractivity contribution in [3.05, 3.63) is 34.9 Å². The van der Waals surface area contributed by atoms with Gasteiger partial charge in [0.05, 0.1) is 0 Å². The first kappa shape index (κ1) is 11.1. The summed E-state index contributed by atoms with van der Waals surface area (Å²) in [5, 5.41) is 0. The van der Waals surface area contributed by atoms with Crippen molar-refractivity contribution in [2.75, 3.05) is 0 Å². The van der Waals surface area contributed by atoms with E-state index >= 15 is 0 Å². The Morgan fingerprint density at radius 3 is 2.31 bits per heavy atom. The summed E-state index contributed by atoms with van der Waals surface area (Å²) >= 11 is 0. The van der Waals surface area contributed by atoms with Crippen molar-refractivity contribution in [3.8, 4) is 0 Å². The highest BCUT2D eigenvalue weighted by Gasteiger charge is 2.28. The molecule has 2 nitrogen and oxygen atoms in total. The fourth-order valence-corrected chi connectivity index (χ4v) is 2.39. The van der Waals surface area contributed by atoms with Crippen molar-refractivity contribution in [2.45, 2.75) is 33.1 Å². The Morgan fingerprint density at radius 2 is 1.81 bits per heavy atom. The zero-order valence-electron chi connectivity index (χ0n) is 9.75. The van der Waals surface area contributed by atoms with Crippen molar-refractivity contribution < 1.29 is 9.59 Å². The number of ketones is 2. The van der Waals surface area contributed by atoms with Gasteiger partial charge >= 0.3 is 0 Å². The van der Waals surface area contributed by atoms with E-state index in [4.69, 9.17) is 0 Å². The molecule has 0 aliphatic heterocycles. The number of aryl methyl sites for hydroxylation is 2. The molecule has 1 aromatic rings. The second kappa shape index (κ2) is 4.20. The fraction of sp³-hybridized carbons (Fsp3) is 0.429. The summed E-state index contributed by atoms with van der Waals surface area (Å²) in [6.07, 6.45) is 1.73. The van der Waals surface area contributed by atoms with Crippen LogP contribution in [0.25, 0.3) is 0 Å². The molecule has 2 heteroatoms. The first-order valence-corrected chi connectivity index (χ1v) is 5.70. The molecule has 2 rings (SSSR count). The largest absolute Gasteiger partial charge is 0.300 e. The van der Waals surface area contributed by atoms with Gasteiger partial charge in [-0.3, -0.25) is 9.59 Å². The minimum atomic E-state index is -0.0753. The van der Waals surface area contributed by atoms with Gasteiger partial charge in [-0.15, -0.1) is 0 Å². The predicted octanol–water partition coefficient (Wildman–Crippen LogP) is 2.86. The molecule has 84 valence electrons. The number of carbonyl (C=O) groups excluding carboxylic acids is 2. The molecule has 1 saturated carbocycles. The fourth-order valence-electron chi connectivity index (χ4n) is 2.39. The quantitative estimate of drug-likeness (QED) is 0.712. The molecule has 1 aliphatic carbocycles. The molecule has 0 heterocycles. The Labute approximate surface area is 95.7 Å². The number of rotatable bonds is 2. The van der Waals surface area contributed by atoms with E-state index in [0.717, 1.165) is 23.1 Å². The van der Waals surface area contributed by atoms with Gasteiger partial charge in [0.2, 0.25) is 0 Å². The lowest BCUT2D eigenvalue weighted by molar-refractivity contribution is -0.117. The second-order valence-corrected chi connectivity index (χ2v) is 4.72. The lowest BCUT2D eigenvalue weighted by atomic mass is 9.94. The van der Waals surface area contributed by atoms with Crippen LogP contribution in [0.1, 0.15) is 40.7 Å². The van der Waals surface area contributed by atoms with Crippen molar-refractivity contribution >= 4 is 11.6 Å². The molecule has 0 N–H and O–H groups in total. The highest BCUT2D eigenvalue weighted by atomic mass is 16.1. The molecule has 1 aliphatic rings. The molecule has 0 bridgehead atoms. The van der Waals surface area contributed by atoms with Gasteiger partial charge in [-0.05, 0) is 32.4 Å². The van der Waals surface area contributed by atoms with Crippen LogP contribution in [0.2, 0.25) is 0 Å². The zero-order valence-corrected chi connectivity index (χ0v) is 9.75. The minimum absolute atomic E-state index is 0.0753. The topological polar surface area (TPSA) is 34.1 Å². The lowest BCUT2D eigenvalue weighted by Crippen LogP contribution is -2.12. The minimum Gasteiger partial charge on any atom is -0.300 e. The maximum absolute atomic E-state index is 12.1. The van der Waals surface area contributed by atoms with Crippen molar-refractivity contribution in [3.63, 3.8) is 0 Å². The summed E-state index contributed by atoms with van der Waals surface area (Å²) < 4.78 is 0. The Hall–Kier alpha value is -1.44. The number of benzene rings is 1. The molecule has 0 radical (unpaired) electrons. The summed E-state index contributed by atoms with van der Waals surface area (Å²) in [4.78, 5) is 23.3. The lowest BCUT2D eigenvalue weighted by Gasteiger charge is -2.08. The van der Waals surface area contributed by atoms with Crippen LogP contribution >= 0.6 is 0 Å². The third kappa shape index (κ3) is 2.21. The highest BCUT2D eigenvalue weighted by Crippen LogP contribution is 2.26. The summed E-state index contributed by atoms with van der Waals surface area (Å²) in [6.45, 7) is 3.98. The van der Waals surface area contributed by atoms with Crippen LogP contribution in [0.3, 0.4) is 0 Å². The van der Waals surface area contributed by atoms with E-state index in [0.29, 0.717) is 12.8 Å². The molecule has 1 unspecified atom stereocenters. The average molecular weight is 216 g/mol. The smallest absolute Gasteiger partial charge is 0.166 e. The molecule has 0 saturated heterocycles. The van der Waals surface area contributed by atoms with E-state index in [-0.39, 0.29) is 17.5 Å². The van der Waals surface area contributed by atoms with Crippen LogP contribution in [0, 0.1) is 19.8 Å². The Morgan fingerprint density at radius 1 is 1.19 bits per heavy atom. The van der Waals surface area contributed by atoms with Crippen molar-refractivity contribution in [1.82, 2.24) is 0 Å². The van der Waals surface area contributed by atoms with Gasteiger partial charge in [0, 0.05) is 24.3 Å². The number of hydrogen-bond acceptors (Lipinski definition) is 2. The van der Waals surface area contributed by atoms with Crippen LogP contribution in [-0.2, 0) is 4.79 Å². The van der Waals surface area contributed by atoms with Crippen LogP contribution < -0.4 is 0 Å². The van der Waals surface area contributed by atoms with E-state index in [9.17, 15) is 9.59 Å². The third-order valence-electron chi connectivity index (χ3n) is 3.12. The molecule has 0 amide bonds. The predicted molar refractivity (Wildman–Crippen MR) is 62.6 cm³/mol. The van der Waals surface area contributed by atoms with Crippen molar-refractivity contribution in [2.24, 2.45) is 5.92 Å². The number of carbonyl (C=O) groups is 2. The standard InChI is InChI=1S/C14H16O2/c1-9-5-10(2)7-12(6-9)14(16)11-3-4-13(15)8-11/h5-7,11H,3-4,8H2,1-2H3. The van der Waals surface area contributed by atoms with E-state index in [1.807, 2.05) is 26.0 Å². The Bertz CT molecular complexity index is 426. The third-order valence-corrected chi connectivity index (χ3v) is 3.12. The molecule has 1 fully saturated rings. The maximum Gasteiger partial charge on any atom is 0.166 e. The molecule has 1 atom stereocenters. The molecule has 1 aromatic carbocycles. The maximum atomic E-state index is 12.1. The zero-order chi connectivity index (χ0) is 11.7. The van der Waals surface area contributed by atoms with Crippen LogP contribution in [0.4, 0.5) is 0 Å². The average Bonchev–Trinajstić information content (AvgIpc) is 2.62.